The van der Waals surface area contributed by atoms with Crippen molar-refractivity contribution >= 4 is 38.9 Å². The summed E-state index contributed by atoms with van der Waals surface area (Å²) in [5.41, 5.74) is 3.28. The first kappa shape index (κ1) is 23.1. The number of nitrogens with one attached hydrogen (secondary N) is 1. The van der Waals surface area contributed by atoms with E-state index in [4.69, 9.17) is 16.1 Å². The summed E-state index contributed by atoms with van der Waals surface area (Å²) in [4.78, 5) is 13.5. The highest BCUT2D eigenvalue weighted by Crippen LogP contribution is 2.35. The smallest absolute Gasteiger partial charge is 0.264 e. The van der Waals surface area contributed by atoms with E-state index in [0.717, 1.165) is 5.56 Å². The lowest BCUT2D eigenvalue weighted by Crippen LogP contribution is -2.35. The van der Waals surface area contributed by atoms with Gasteiger partial charge in [0.05, 0.1) is 15.6 Å². The lowest BCUT2D eigenvalue weighted by atomic mass is 10.0. The maximum Gasteiger partial charge on any atom is 0.264 e. The molecule has 1 aliphatic heterocycles. The first-order valence-electron chi connectivity index (χ1n) is 11.1. The van der Waals surface area contributed by atoms with Gasteiger partial charge in [0, 0.05) is 17.8 Å². The molecule has 7 nitrogen and oxygen atoms in total. The van der Waals surface area contributed by atoms with Crippen LogP contribution in [0.25, 0.3) is 11.3 Å². The molecule has 0 spiro atoms. The van der Waals surface area contributed by atoms with Gasteiger partial charge in [0.2, 0.25) is 0 Å². The molecule has 0 aliphatic carbocycles. The zero-order chi connectivity index (χ0) is 24.6. The topological polar surface area (TPSA) is 92.5 Å². The third kappa shape index (κ3) is 4.31. The minimum atomic E-state index is -3.68. The highest BCUT2D eigenvalue weighted by Gasteiger charge is 2.29. The highest BCUT2D eigenvalue weighted by molar-refractivity contribution is 7.92. The number of hydrogen-bond donors (Lipinski definition) is 1. The van der Waals surface area contributed by atoms with Gasteiger partial charge in [0.15, 0.2) is 0 Å². The predicted octanol–water partition coefficient (Wildman–Crippen LogP) is 5.70. The molecule has 3 aromatic carbocycles. The van der Waals surface area contributed by atoms with Crippen molar-refractivity contribution in [2.75, 3.05) is 16.2 Å². The van der Waals surface area contributed by atoms with Crippen molar-refractivity contribution < 1.29 is 17.7 Å². The molecule has 4 aromatic rings. The first-order valence-corrected chi connectivity index (χ1v) is 12.9. The van der Waals surface area contributed by atoms with E-state index in [1.165, 1.54) is 4.31 Å². The van der Waals surface area contributed by atoms with Crippen LogP contribution in [0.2, 0.25) is 5.02 Å². The Hall–Kier alpha value is -3.62. The Balaban J connectivity index is 1.44. The number of carbonyl (C=O) groups is 1. The molecule has 0 radical (unpaired) electrons. The van der Waals surface area contributed by atoms with Crippen molar-refractivity contribution in [1.29, 1.82) is 0 Å². The summed E-state index contributed by atoms with van der Waals surface area (Å²) < 4.78 is 33.2. The first-order chi connectivity index (χ1) is 16.9. The maximum atomic E-state index is 13.2. The number of sulfonamides is 1. The van der Waals surface area contributed by atoms with E-state index in [-0.39, 0.29) is 10.8 Å². The molecule has 5 rings (SSSR count). The Morgan fingerprint density at radius 2 is 1.80 bits per heavy atom. The van der Waals surface area contributed by atoms with Gasteiger partial charge < -0.3 is 9.84 Å². The molecule has 0 saturated carbocycles. The molecule has 178 valence electrons. The average Bonchev–Trinajstić information content (AvgIpc) is 3.25. The van der Waals surface area contributed by atoms with Crippen LogP contribution in [0.1, 0.15) is 28.1 Å². The van der Waals surface area contributed by atoms with Gasteiger partial charge in [0.25, 0.3) is 15.9 Å². The number of anilines is 2. The van der Waals surface area contributed by atoms with Gasteiger partial charge in [-0.3, -0.25) is 9.10 Å². The molecular formula is C26H22ClN3O4S. The molecule has 1 N–H and O–H groups in total. The summed E-state index contributed by atoms with van der Waals surface area (Å²) in [7, 11) is -3.68. The number of amides is 1. The fourth-order valence-corrected chi connectivity index (χ4v) is 6.07. The molecule has 0 fully saturated rings. The minimum Gasteiger partial charge on any atom is -0.360 e. The Kier molecular flexibility index (Phi) is 6.08. The van der Waals surface area contributed by atoms with E-state index in [1.807, 2.05) is 12.1 Å². The van der Waals surface area contributed by atoms with Crippen LogP contribution in [-0.4, -0.2) is 26.0 Å². The summed E-state index contributed by atoms with van der Waals surface area (Å²) in [5.74, 6) is -0.0151. The quantitative estimate of drug-likeness (QED) is 0.374. The second-order valence-electron chi connectivity index (χ2n) is 8.23. The number of aromatic nitrogens is 1. The Bertz CT molecular complexity index is 1520. The van der Waals surface area contributed by atoms with Crippen LogP contribution >= 0.6 is 11.6 Å². The minimum absolute atomic E-state index is 0.250. The van der Waals surface area contributed by atoms with Crippen LogP contribution < -0.4 is 9.62 Å². The van der Waals surface area contributed by atoms with Gasteiger partial charge in [-0.05, 0) is 61.7 Å². The zero-order valence-electron chi connectivity index (χ0n) is 18.9. The van der Waals surface area contributed by atoms with Crippen LogP contribution in [0.15, 0.2) is 82.2 Å². The van der Waals surface area contributed by atoms with Gasteiger partial charge >= 0.3 is 0 Å². The fourth-order valence-electron chi connectivity index (χ4n) is 4.28. The SMILES string of the molecule is Cc1onc(-c2ccccc2Cl)c1C(=O)Nc1ccc2c(c1)CCCN2S(=O)(=O)c1ccccc1. The molecule has 2 heterocycles. The normalized spacial score (nSPS) is 13.4. The van der Waals surface area contributed by atoms with E-state index >= 15 is 0 Å². The van der Waals surface area contributed by atoms with Gasteiger partial charge in [-0.15, -0.1) is 0 Å². The zero-order valence-corrected chi connectivity index (χ0v) is 20.4. The molecule has 0 atom stereocenters. The number of benzene rings is 3. The van der Waals surface area contributed by atoms with E-state index in [9.17, 15) is 13.2 Å². The van der Waals surface area contributed by atoms with Crippen LogP contribution in [0, 0.1) is 6.92 Å². The number of carbonyl (C=O) groups excluding carboxylic acids is 1. The third-order valence-electron chi connectivity index (χ3n) is 5.96. The molecule has 35 heavy (non-hydrogen) atoms. The Morgan fingerprint density at radius 1 is 1.06 bits per heavy atom. The van der Waals surface area contributed by atoms with Crippen LogP contribution in [0.3, 0.4) is 0 Å². The van der Waals surface area contributed by atoms with Crippen molar-refractivity contribution in [2.24, 2.45) is 0 Å². The van der Waals surface area contributed by atoms with E-state index < -0.39 is 10.0 Å². The lowest BCUT2D eigenvalue weighted by molar-refractivity contribution is 0.102. The molecule has 1 aliphatic rings. The van der Waals surface area contributed by atoms with Crippen LogP contribution in [0.4, 0.5) is 11.4 Å². The van der Waals surface area contributed by atoms with Crippen LogP contribution in [-0.2, 0) is 16.4 Å². The summed E-state index contributed by atoms with van der Waals surface area (Å²) in [6, 6.07) is 20.8. The number of nitrogens with zero attached hydrogens (tertiary/aromatic N) is 2. The van der Waals surface area contributed by atoms with Crippen molar-refractivity contribution in [3.05, 3.63) is 94.7 Å². The number of aryl methyl sites for hydroxylation is 2. The van der Waals surface area contributed by atoms with Crippen molar-refractivity contribution in [3.63, 3.8) is 0 Å². The molecule has 0 bridgehead atoms. The molecule has 0 unspecified atom stereocenters. The van der Waals surface area contributed by atoms with E-state index in [2.05, 4.69) is 10.5 Å². The van der Waals surface area contributed by atoms with Crippen LogP contribution in [0.5, 0.6) is 0 Å². The molecule has 0 saturated heterocycles. The lowest BCUT2D eigenvalue weighted by Gasteiger charge is -2.30. The third-order valence-corrected chi connectivity index (χ3v) is 8.12. The second kappa shape index (κ2) is 9.20. The van der Waals surface area contributed by atoms with E-state index in [1.54, 1.807) is 67.6 Å². The number of halogens is 1. The maximum absolute atomic E-state index is 13.2. The van der Waals surface area contributed by atoms with Gasteiger partial charge in [-0.25, -0.2) is 8.42 Å². The van der Waals surface area contributed by atoms with Gasteiger partial charge in [0.1, 0.15) is 17.0 Å². The number of rotatable bonds is 5. The summed E-state index contributed by atoms with van der Waals surface area (Å²) in [6.07, 6.45) is 1.38. The standard InChI is InChI=1S/C26H22ClN3O4S/c1-17-24(25(29-34-17)21-11-5-6-12-22(21)27)26(31)28-19-13-14-23-18(16-19)8-7-15-30(23)35(32,33)20-9-3-2-4-10-20/h2-6,9-14,16H,7-8,15H2,1H3,(H,28,31). The number of fused-ring (bicyclic) bond motifs is 1. The molecular weight excluding hydrogens is 486 g/mol. The average molecular weight is 508 g/mol. The van der Waals surface area contributed by atoms with Crippen molar-refractivity contribution in [3.8, 4) is 11.3 Å². The van der Waals surface area contributed by atoms with Gasteiger partial charge in [-0.1, -0.05) is 53.2 Å². The summed E-state index contributed by atoms with van der Waals surface area (Å²) in [6.45, 7) is 2.07. The number of hydrogen-bond acceptors (Lipinski definition) is 5. The van der Waals surface area contributed by atoms with Crippen molar-refractivity contribution in [2.45, 2.75) is 24.7 Å². The second-order valence-corrected chi connectivity index (χ2v) is 10.5. The molecule has 1 aromatic heterocycles. The monoisotopic (exact) mass is 507 g/mol. The van der Waals surface area contributed by atoms with E-state index in [0.29, 0.717) is 58.4 Å². The Labute approximate surface area is 208 Å². The predicted molar refractivity (Wildman–Crippen MR) is 135 cm³/mol. The van der Waals surface area contributed by atoms with Gasteiger partial charge in [-0.2, -0.15) is 0 Å². The molecule has 1 amide bonds. The van der Waals surface area contributed by atoms with Crippen molar-refractivity contribution in [1.82, 2.24) is 5.16 Å². The largest absolute Gasteiger partial charge is 0.360 e. The molecule has 9 heteroatoms. The Morgan fingerprint density at radius 3 is 2.57 bits per heavy atom. The fraction of sp³-hybridized carbons (Fsp3) is 0.154. The summed E-state index contributed by atoms with van der Waals surface area (Å²) >= 11 is 6.31. The highest BCUT2D eigenvalue weighted by atomic mass is 35.5. The summed E-state index contributed by atoms with van der Waals surface area (Å²) in [5, 5.41) is 7.41.